The zero-order valence-electron chi connectivity index (χ0n) is 68.0. The molecular formula is C94H120N20+4. The normalized spacial score (nSPS) is 13.3. The SMILES string of the molecule is CC(C)N=C(NC(NC(C)C)=[NH+]C(C)C)NC(C)C.Cc1ccc(N=C(Nc2ccc(C)cc2)[NH+]=C(Nc2ccccc2)Nc2ccccc2)cc1.c1ccc(N=C(Nc2ccccc2)[NH+]=C(Nc2ccccc2)Nc2ccccc2)cc1.c1ccc(NC(=NC(NC2CCCCC2)=[NH+]C2CCCCC2)Nc2ccccc2)cc1. The molecule has 10 aromatic rings. The van der Waals surface area contributed by atoms with E-state index in [4.69, 9.17) is 15.0 Å². The second-order valence-electron chi connectivity index (χ2n) is 29.3. The second-order valence-corrected chi connectivity index (χ2v) is 29.3. The number of hydrogen-bond donors (Lipinski definition) is 16. The monoisotopic (exact) mass is 1530 g/mol. The molecule has 2 aliphatic carbocycles. The summed E-state index contributed by atoms with van der Waals surface area (Å²) in [4.78, 5) is 33.1. The molecule has 0 amide bonds. The number of aliphatic imine (C=N–C) groups is 4. The Morgan fingerprint density at radius 3 is 1.04 bits per heavy atom. The Hall–Kier alpha value is -12.8. The number of anilines is 8. The highest BCUT2D eigenvalue weighted by atomic mass is 15.3. The molecule has 0 atom stereocenters. The lowest BCUT2D eigenvalue weighted by atomic mass is 9.95. The van der Waals surface area contributed by atoms with E-state index in [1.54, 1.807) is 0 Å². The molecule has 592 valence electrons. The molecule has 0 unspecified atom stereocenters. The van der Waals surface area contributed by atoms with E-state index in [0.29, 0.717) is 54.0 Å². The van der Waals surface area contributed by atoms with Crippen LogP contribution in [0.3, 0.4) is 0 Å². The summed E-state index contributed by atoms with van der Waals surface area (Å²) in [5.74, 6) is 5.82. The first-order chi connectivity index (χ1) is 55.5. The Balaban J connectivity index is 0.000000177. The van der Waals surface area contributed by atoms with Crippen LogP contribution in [-0.2, 0) is 0 Å². The van der Waals surface area contributed by atoms with Crippen LogP contribution in [0.25, 0.3) is 0 Å². The van der Waals surface area contributed by atoms with Crippen LogP contribution < -0.4 is 83.8 Å². The average Bonchev–Trinajstić information content (AvgIpc) is 0.859. The first-order valence-electron chi connectivity index (χ1n) is 40.2. The fraction of sp³-hybridized carbons (Fsp3) is 0.277. The summed E-state index contributed by atoms with van der Waals surface area (Å²) in [5.41, 5.74) is 11.8. The quantitative estimate of drug-likeness (QED) is 0.0319. The van der Waals surface area contributed by atoms with Crippen molar-refractivity contribution in [3.63, 3.8) is 0 Å². The molecule has 2 fully saturated rings. The predicted molar refractivity (Wildman–Crippen MR) is 483 cm³/mol. The van der Waals surface area contributed by atoms with Crippen molar-refractivity contribution in [2.45, 2.75) is 170 Å². The summed E-state index contributed by atoms with van der Waals surface area (Å²) in [6.45, 7) is 20.9. The van der Waals surface area contributed by atoms with E-state index in [1.807, 2.05) is 243 Å². The highest BCUT2D eigenvalue weighted by Gasteiger charge is 2.24. The number of rotatable bonds is 16. The minimum atomic E-state index is 0.244. The van der Waals surface area contributed by atoms with E-state index in [0.717, 1.165) is 80.7 Å². The summed E-state index contributed by atoms with van der Waals surface area (Å²) in [6, 6.07) is 98.8. The van der Waals surface area contributed by atoms with E-state index >= 15 is 0 Å². The van der Waals surface area contributed by atoms with Gasteiger partial charge in [-0.05, 0) is 221 Å². The minimum absolute atomic E-state index is 0.244. The van der Waals surface area contributed by atoms with Crippen LogP contribution in [0.2, 0.25) is 0 Å². The van der Waals surface area contributed by atoms with Gasteiger partial charge in [-0.2, -0.15) is 0 Å². The Bertz CT molecular complexity index is 4440. The third-order valence-electron chi connectivity index (χ3n) is 17.4. The van der Waals surface area contributed by atoms with Gasteiger partial charge in [-0.15, -0.1) is 9.98 Å². The van der Waals surface area contributed by atoms with Crippen molar-refractivity contribution in [3.05, 3.63) is 302 Å². The highest BCUT2D eigenvalue weighted by molar-refractivity contribution is 6.09. The summed E-state index contributed by atoms with van der Waals surface area (Å²) in [5, 5.41) is 41.1. The van der Waals surface area contributed by atoms with Crippen LogP contribution in [0.1, 0.15) is 131 Å². The van der Waals surface area contributed by atoms with Gasteiger partial charge in [0.25, 0.3) is 23.8 Å². The van der Waals surface area contributed by atoms with Crippen molar-refractivity contribution in [1.82, 2.24) is 21.3 Å². The standard InChI is InChI=1S/C28H27N5.C26H35N5.C26H23N5.C14H31N5/c1-21-13-17-25(18-14-21)31-28(32-26-19-15-22(2)16-20-26)33-27(29-23-9-5-3-6-10-23)30-24-11-7-4-8-12-24;2*1-5-13-21(14-6-1)27-25(28-22-15-7-2-8-16-22)31-26(29-23-17-9-3-10-18-23)30-24-19-11-4-12-20-24;1-9(2)15-13(16-10(3)4)19-14(17-11(5)6)18-12(7)8/h3-20H,1-2H3,(H3,29,30,31,32,33);1-2,5-8,13-16,23-24H,3-4,9-12,17-20H2,(H3,27,28,29,30,31);1-20H,(H3,27,28,29,30,31);9-12H,1-8H3,(H3,15,16,17,18,19)/p+4. The molecule has 20 heteroatoms. The maximum atomic E-state index is 5.04. The van der Waals surface area contributed by atoms with Gasteiger partial charge in [-0.3, -0.25) is 52.5 Å². The maximum Gasteiger partial charge on any atom is 0.388 e. The molecule has 0 aromatic heterocycles. The van der Waals surface area contributed by atoms with Crippen molar-refractivity contribution in [2.75, 3.05) is 42.5 Å². The third-order valence-corrected chi connectivity index (χ3v) is 17.4. The molecule has 16 N–H and O–H groups in total. The number of hydrogen-bond acceptors (Lipinski definition) is 3. The summed E-state index contributed by atoms with van der Waals surface area (Å²) < 4.78 is 0. The molecule has 12 rings (SSSR count). The molecule has 20 nitrogen and oxygen atoms in total. The van der Waals surface area contributed by atoms with Crippen molar-refractivity contribution < 1.29 is 20.0 Å². The number of para-hydroxylation sites is 8. The molecule has 0 radical (unpaired) electrons. The van der Waals surface area contributed by atoms with E-state index in [-0.39, 0.29) is 6.04 Å². The first-order valence-corrected chi connectivity index (χ1v) is 40.2. The van der Waals surface area contributed by atoms with Gasteiger partial charge in [0, 0.05) is 23.5 Å². The molecule has 0 saturated heterocycles. The Kier molecular flexibility index (Phi) is 35.9. The Labute approximate surface area is 676 Å². The molecule has 114 heavy (non-hydrogen) atoms. The average molecular weight is 1530 g/mol. The minimum Gasteiger partial charge on any atom is -0.341 e. The molecule has 2 saturated carbocycles. The van der Waals surface area contributed by atoms with Crippen molar-refractivity contribution in [1.29, 1.82) is 0 Å². The third kappa shape index (κ3) is 34.2. The zero-order valence-corrected chi connectivity index (χ0v) is 68.0. The van der Waals surface area contributed by atoms with Crippen LogP contribution >= 0.6 is 0 Å². The molecule has 0 bridgehead atoms. The molecule has 0 heterocycles. The van der Waals surface area contributed by atoms with Gasteiger partial charge in [-0.1, -0.05) is 220 Å². The number of guanidine groups is 8. The van der Waals surface area contributed by atoms with Crippen molar-refractivity contribution in [2.24, 2.45) is 20.0 Å². The van der Waals surface area contributed by atoms with Gasteiger partial charge in [0.05, 0.1) is 58.3 Å². The van der Waals surface area contributed by atoms with Gasteiger partial charge < -0.3 is 16.0 Å². The predicted octanol–water partition coefficient (Wildman–Crippen LogP) is 14.0. The van der Waals surface area contributed by atoms with Gasteiger partial charge in [-0.25, -0.2) is 20.3 Å². The van der Waals surface area contributed by atoms with E-state index in [2.05, 4.69) is 207 Å². The number of nitrogens with one attached hydrogen (secondary N) is 16. The number of benzene rings is 10. The van der Waals surface area contributed by atoms with Crippen LogP contribution in [0.15, 0.2) is 311 Å². The Morgan fingerprint density at radius 1 is 0.333 bits per heavy atom. The fourth-order valence-electron chi connectivity index (χ4n) is 12.0. The van der Waals surface area contributed by atoms with Crippen LogP contribution in [0, 0.1) is 13.8 Å². The van der Waals surface area contributed by atoms with Crippen LogP contribution in [0.4, 0.5) is 56.9 Å². The van der Waals surface area contributed by atoms with Gasteiger partial charge in [0.1, 0.15) is 11.4 Å². The lowest BCUT2D eigenvalue weighted by molar-refractivity contribution is -0.510. The lowest BCUT2D eigenvalue weighted by Gasteiger charge is -2.21. The Morgan fingerprint density at radius 2 is 0.667 bits per heavy atom. The largest absolute Gasteiger partial charge is 0.388 e. The first kappa shape index (κ1) is 85.2. The lowest BCUT2D eigenvalue weighted by Crippen LogP contribution is -2.84. The smallest absolute Gasteiger partial charge is 0.341 e. The van der Waals surface area contributed by atoms with Crippen LogP contribution in [-0.4, -0.2) is 83.9 Å². The molecule has 0 spiro atoms. The number of aryl methyl sites for hydroxylation is 2. The second kappa shape index (κ2) is 48.1. The fourth-order valence-corrected chi connectivity index (χ4v) is 12.0. The van der Waals surface area contributed by atoms with Crippen LogP contribution in [0.5, 0.6) is 0 Å². The van der Waals surface area contributed by atoms with Crippen molar-refractivity contribution in [3.8, 4) is 0 Å². The zero-order chi connectivity index (χ0) is 80.2. The topological polar surface area (TPSA) is 250 Å². The van der Waals surface area contributed by atoms with Gasteiger partial charge in [0.15, 0.2) is 0 Å². The summed E-state index contributed by atoms with van der Waals surface area (Å²) in [7, 11) is 0. The molecule has 0 aliphatic heterocycles. The van der Waals surface area contributed by atoms with E-state index < -0.39 is 0 Å². The van der Waals surface area contributed by atoms with Gasteiger partial charge in [0.2, 0.25) is 0 Å². The number of nitrogens with zero attached hydrogens (tertiary/aromatic N) is 4. The van der Waals surface area contributed by atoms with Gasteiger partial charge >= 0.3 is 23.8 Å². The van der Waals surface area contributed by atoms with E-state index in [1.165, 1.54) is 75.3 Å². The maximum absolute atomic E-state index is 5.04. The molecule has 2 aliphatic rings. The van der Waals surface area contributed by atoms with Crippen molar-refractivity contribution >= 4 is 105 Å². The molecule has 10 aromatic carbocycles. The highest BCUT2D eigenvalue weighted by Crippen LogP contribution is 2.20. The summed E-state index contributed by atoms with van der Waals surface area (Å²) in [6.07, 6.45) is 12.8. The molecular weight excluding hydrogens is 1410 g/mol. The van der Waals surface area contributed by atoms with E-state index in [9.17, 15) is 0 Å². The summed E-state index contributed by atoms with van der Waals surface area (Å²) >= 11 is 0.